The molecule has 0 aromatic carbocycles. The summed E-state index contributed by atoms with van der Waals surface area (Å²) >= 11 is 0. The van der Waals surface area contributed by atoms with Crippen molar-refractivity contribution in [2.75, 3.05) is 12.4 Å². The summed E-state index contributed by atoms with van der Waals surface area (Å²) in [6.07, 6.45) is 4.97. The molecule has 0 spiro atoms. The second-order valence-corrected chi connectivity index (χ2v) is 6.48. The molecule has 0 amide bonds. The molecule has 1 aliphatic heterocycles. The smallest absolute Gasteiger partial charge is 0.247 e. The van der Waals surface area contributed by atoms with Crippen molar-refractivity contribution < 1.29 is 17.9 Å². The van der Waals surface area contributed by atoms with E-state index >= 15 is 0 Å². The van der Waals surface area contributed by atoms with Crippen LogP contribution in [0.25, 0.3) is 0 Å². The van der Waals surface area contributed by atoms with Crippen molar-refractivity contribution in [3.63, 3.8) is 0 Å². The van der Waals surface area contributed by atoms with Gasteiger partial charge in [-0.3, -0.25) is 0 Å². The molecule has 1 aromatic rings. The molecule has 106 valence electrons. The summed E-state index contributed by atoms with van der Waals surface area (Å²) in [5.41, 5.74) is 0. The van der Waals surface area contributed by atoms with Crippen LogP contribution in [-0.2, 0) is 19.3 Å². The molecule has 0 aliphatic carbocycles. The molecule has 7 heteroatoms. The van der Waals surface area contributed by atoms with Gasteiger partial charge in [-0.2, -0.15) is 0 Å². The van der Waals surface area contributed by atoms with Crippen LogP contribution in [0.4, 0.5) is 0 Å². The van der Waals surface area contributed by atoms with Crippen LogP contribution < -0.4 is 0 Å². The molecule has 1 fully saturated rings. The molecular weight excluding hydrogens is 268 g/mol. The van der Waals surface area contributed by atoms with Crippen molar-refractivity contribution in [2.45, 2.75) is 43.7 Å². The molecule has 1 aromatic heterocycles. The first-order valence-corrected chi connectivity index (χ1v) is 8.00. The lowest BCUT2D eigenvalue weighted by molar-refractivity contribution is -0.179. The highest BCUT2D eigenvalue weighted by Gasteiger charge is 2.24. The van der Waals surface area contributed by atoms with Gasteiger partial charge in [0.05, 0.1) is 11.9 Å². The zero-order chi connectivity index (χ0) is 13.7. The summed E-state index contributed by atoms with van der Waals surface area (Å²) in [6, 6.07) is 1.58. The van der Waals surface area contributed by atoms with Crippen molar-refractivity contribution >= 4 is 9.84 Å². The van der Waals surface area contributed by atoms with Crippen LogP contribution in [0.15, 0.2) is 23.6 Å². The van der Waals surface area contributed by atoms with Crippen LogP contribution in [0.5, 0.6) is 0 Å². The Hall–Kier alpha value is -1.05. The van der Waals surface area contributed by atoms with E-state index in [4.69, 9.17) is 9.47 Å². The van der Waals surface area contributed by atoms with Crippen LogP contribution in [0.1, 0.15) is 26.2 Å². The summed E-state index contributed by atoms with van der Waals surface area (Å²) < 4.78 is 35.1. The van der Waals surface area contributed by atoms with Crippen LogP contribution in [0.2, 0.25) is 0 Å². The van der Waals surface area contributed by atoms with Crippen LogP contribution in [-0.4, -0.2) is 43.1 Å². The van der Waals surface area contributed by atoms with Gasteiger partial charge in [0.25, 0.3) is 0 Å². The highest BCUT2D eigenvalue weighted by atomic mass is 32.2. The first-order chi connectivity index (χ1) is 9.08. The molecule has 2 atom stereocenters. The zero-order valence-electron chi connectivity index (χ0n) is 10.9. The van der Waals surface area contributed by atoms with E-state index in [2.05, 4.69) is 9.97 Å². The van der Waals surface area contributed by atoms with Gasteiger partial charge in [0, 0.05) is 19.0 Å². The first-order valence-electron chi connectivity index (χ1n) is 6.35. The minimum atomic E-state index is -3.51. The Morgan fingerprint density at radius 1 is 1.42 bits per heavy atom. The maximum Gasteiger partial charge on any atom is 0.247 e. The van der Waals surface area contributed by atoms with Crippen molar-refractivity contribution in [1.29, 1.82) is 0 Å². The number of hydrogen-bond donors (Lipinski definition) is 0. The van der Waals surface area contributed by atoms with E-state index in [0.29, 0.717) is 6.61 Å². The average Bonchev–Trinajstić information content (AvgIpc) is 2.40. The zero-order valence-corrected chi connectivity index (χ0v) is 11.7. The SMILES string of the molecule is CC(CS(=O)(=O)c1ncccn1)OC1CCCCO1. The van der Waals surface area contributed by atoms with Crippen molar-refractivity contribution in [3.8, 4) is 0 Å². The Morgan fingerprint density at radius 2 is 2.16 bits per heavy atom. The predicted octanol–water partition coefficient (Wildman–Crippen LogP) is 1.18. The molecule has 2 unspecified atom stereocenters. The van der Waals surface area contributed by atoms with Gasteiger partial charge in [-0.1, -0.05) is 0 Å². The molecule has 19 heavy (non-hydrogen) atoms. The van der Waals surface area contributed by atoms with E-state index in [1.807, 2.05) is 0 Å². The maximum atomic E-state index is 12.0. The number of nitrogens with zero attached hydrogens (tertiary/aromatic N) is 2. The number of ether oxygens (including phenoxy) is 2. The molecule has 2 heterocycles. The average molecular weight is 286 g/mol. The van der Waals surface area contributed by atoms with Gasteiger partial charge < -0.3 is 9.47 Å². The molecule has 0 N–H and O–H groups in total. The van der Waals surface area contributed by atoms with E-state index in [-0.39, 0.29) is 17.2 Å². The third kappa shape index (κ3) is 4.22. The van der Waals surface area contributed by atoms with Crippen LogP contribution >= 0.6 is 0 Å². The third-order valence-corrected chi connectivity index (χ3v) is 4.47. The van der Waals surface area contributed by atoms with Crippen molar-refractivity contribution in [1.82, 2.24) is 9.97 Å². The highest BCUT2D eigenvalue weighted by Crippen LogP contribution is 2.16. The molecule has 2 rings (SSSR count). The topological polar surface area (TPSA) is 78.4 Å². The Balaban J connectivity index is 1.92. The molecule has 1 saturated heterocycles. The third-order valence-electron chi connectivity index (χ3n) is 2.80. The fourth-order valence-corrected chi connectivity index (χ4v) is 3.23. The Bertz CT molecular complexity index is 486. The Morgan fingerprint density at radius 3 is 2.79 bits per heavy atom. The van der Waals surface area contributed by atoms with E-state index in [9.17, 15) is 8.42 Å². The van der Waals surface area contributed by atoms with Crippen LogP contribution in [0, 0.1) is 0 Å². The van der Waals surface area contributed by atoms with Crippen molar-refractivity contribution in [3.05, 3.63) is 18.5 Å². The number of sulfone groups is 1. The molecular formula is C12H18N2O4S. The van der Waals surface area contributed by atoms with Gasteiger partial charge in [-0.05, 0) is 32.3 Å². The predicted molar refractivity (Wildman–Crippen MR) is 68.2 cm³/mol. The lowest BCUT2D eigenvalue weighted by Gasteiger charge is -2.25. The Labute approximate surface area is 113 Å². The quantitative estimate of drug-likeness (QED) is 0.756. The fourth-order valence-electron chi connectivity index (χ4n) is 1.95. The van der Waals surface area contributed by atoms with E-state index in [1.165, 1.54) is 12.4 Å². The molecule has 0 saturated carbocycles. The van der Waals surface area contributed by atoms with Gasteiger partial charge in [0.2, 0.25) is 15.0 Å². The number of rotatable bonds is 5. The lowest BCUT2D eigenvalue weighted by atomic mass is 10.2. The summed E-state index contributed by atoms with van der Waals surface area (Å²) in [4.78, 5) is 7.53. The summed E-state index contributed by atoms with van der Waals surface area (Å²) in [5.74, 6) is -0.142. The summed E-state index contributed by atoms with van der Waals surface area (Å²) in [5, 5.41) is -0.157. The van der Waals surface area contributed by atoms with Gasteiger partial charge >= 0.3 is 0 Å². The molecule has 6 nitrogen and oxygen atoms in total. The second kappa shape index (κ2) is 6.40. The van der Waals surface area contributed by atoms with Gasteiger partial charge in [0.1, 0.15) is 0 Å². The number of hydrogen-bond acceptors (Lipinski definition) is 6. The minimum absolute atomic E-state index is 0.142. The normalized spacial score (nSPS) is 22.1. The second-order valence-electron chi connectivity index (χ2n) is 4.56. The standard InChI is InChI=1S/C12H18N2O4S/c1-10(18-11-5-2-3-8-17-11)9-19(15,16)12-13-6-4-7-14-12/h4,6-7,10-11H,2-3,5,8-9H2,1H3. The van der Waals surface area contributed by atoms with Crippen LogP contribution in [0.3, 0.4) is 0 Å². The monoisotopic (exact) mass is 286 g/mol. The first kappa shape index (κ1) is 14.4. The highest BCUT2D eigenvalue weighted by molar-refractivity contribution is 7.91. The molecule has 0 bridgehead atoms. The largest absolute Gasteiger partial charge is 0.353 e. The summed E-state index contributed by atoms with van der Waals surface area (Å²) in [7, 11) is -3.51. The van der Waals surface area contributed by atoms with E-state index in [0.717, 1.165) is 19.3 Å². The molecule has 1 aliphatic rings. The Kier molecular flexibility index (Phi) is 4.84. The molecule has 0 radical (unpaired) electrons. The summed E-state index contributed by atoms with van der Waals surface area (Å²) in [6.45, 7) is 2.39. The van der Waals surface area contributed by atoms with E-state index in [1.54, 1.807) is 13.0 Å². The van der Waals surface area contributed by atoms with Crippen molar-refractivity contribution in [2.24, 2.45) is 0 Å². The fraction of sp³-hybridized carbons (Fsp3) is 0.667. The van der Waals surface area contributed by atoms with Gasteiger partial charge in [-0.25, -0.2) is 18.4 Å². The minimum Gasteiger partial charge on any atom is -0.353 e. The van der Waals surface area contributed by atoms with E-state index < -0.39 is 15.9 Å². The lowest BCUT2D eigenvalue weighted by Crippen LogP contribution is -2.30. The van der Waals surface area contributed by atoms with Gasteiger partial charge in [-0.15, -0.1) is 0 Å². The van der Waals surface area contributed by atoms with Gasteiger partial charge in [0.15, 0.2) is 6.29 Å². The number of aromatic nitrogens is 2. The maximum absolute atomic E-state index is 12.0.